The Kier molecular flexibility index (Phi) is 10.2. The van der Waals surface area contributed by atoms with E-state index < -0.39 is 0 Å². The minimum atomic E-state index is 0.115. The molecule has 8 heteroatoms. The standard InChI is InChI=1S/C29H36ClN5OS/c1-3-15-33(16-4-2)26-21-25(30)31-29(32-26)37-22-27(36)34-17-19-35(20-18-34)28(23-11-7-5-8-12-23)24-13-9-6-10-14-24/h5-14,21,28H,3-4,15-20,22H2,1-2H3. The van der Waals surface area contributed by atoms with Crippen LogP contribution in [-0.2, 0) is 4.79 Å². The van der Waals surface area contributed by atoms with Gasteiger partial charge >= 0.3 is 0 Å². The molecule has 1 aliphatic rings. The fourth-order valence-electron chi connectivity index (χ4n) is 4.82. The number of halogens is 1. The Morgan fingerprint density at radius 2 is 1.49 bits per heavy atom. The lowest BCUT2D eigenvalue weighted by Gasteiger charge is -2.39. The van der Waals surface area contributed by atoms with Crippen LogP contribution in [0.15, 0.2) is 71.9 Å². The Bertz CT molecular complexity index is 1080. The Morgan fingerprint density at radius 1 is 0.919 bits per heavy atom. The van der Waals surface area contributed by atoms with E-state index >= 15 is 0 Å². The zero-order chi connectivity index (χ0) is 26.0. The SMILES string of the molecule is CCCN(CCC)c1cc(Cl)nc(SCC(=O)N2CCN(C(c3ccccc3)c3ccccc3)CC2)n1. The van der Waals surface area contributed by atoms with E-state index in [9.17, 15) is 4.79 Å². The normalized spacial score (nSPS) is 14.2. The smallest absolute Gasteiger partial charge is 0.233 e. The molecule has 0 aliphatic carbocycles. The van der Waals surface area contributed by atoms with Gasteiger partial charge in [0.25, 0.3) is 0 Å². The lowest BCUT2D eigenvalue weighted by molar-refractivity contribution is -0.130. The number of anilines is 1. The van der Waals surface area contributed by atoms with Gasteiger partial charge in [-0.05, 0) is 24.0 Å². The first-order valence-electron chi connectivity index (χ1n) is 13.1. The number of benzene rings is 2. The van der Waals surface area contributed by atoms with Crippen LogP contribution in [0.4, 0.5) is 5.82 Å². The van der Waals surface area contributed by atoms with Crippen LogP contribution in [0.25, 0.3) is 0 Å². The minimum Gasteiger partial charge on any atom is -0.356 e. The van der Waals surface area contributed by atoms with Crippen LogP contribution in [-0.4, -0.2) is 70.7 Å². The summed E-state index contributed by atoms with van der Waals surface area (Å²) in [6.45, 7) is 9.21. The second-order valence-electron chi connectivity index (χ2n) is 9.25. The maximum Gasteiger partial charge on any atom is 0.233 e. The first kappa shape index (κ1) is 27.4. The highest BCUT2D eigenvalue weighted by atomic mass is 35.5. The summed E-state index contributed by atoms with van der Waals surface area (Å²) in [4.78, 5) is 28.8. The van der Waals surface area contributed by atoms with E-state index in [-0.39, 0.29) is 11.9 Å². The second-order valence-corrected chi connectivity index (χ2v) is 10.6. The largest absolute Gasteiger partial charge is 0.356 e. The van der Waals surface area contributed by atoms with Crippen molar-refractivity contribution in [1.29, 1.82) is 0 Å². The zero-order valence-electron chi connectivity index (χ0n) is 21.7. The highest BCUT2D eigenvalue weighted by molar-refractivity contribution is 7.99. The zero-order valence-corrected chi connectivity index (χ0v) is 23.3. The molecule has 0 bridgehead atoms. The molecule has 4 rings (SSSR count). The Labute approximate surface area is 230 Å². The summed E-state index contributed by atoms with van der Waals surface area (Å²) < 4.78 is 0. The average Bonchev–Trinajstić information content (AvgIpc) is 2.93. The molecule has 1 amide bonds. The monoisotopic (exact) mass is 537 g/mol. The number of hydrogen-bond donors (Lipinski definition) is 0. The molecule has 0 radical (unpaired) electrons. The van der Waals surface area contributed by atoms with Crippen LogP contribution in [0.1, 0.15) is 43.9 Å². The van der Waals surface area contributed by atoms with Crippen molar-refractivity contribution in [2.75, 3.05) is 49.9 Å². The van der Waals surface area contributed by atoms with E-state index in [0.717, 1.165) is 44.8 Å². The third kappa shape index (κ3) is 7.46. The number of carbonyl (C=O) groups is 1. The fraction of sp³-hybridized carbons (Fsp3) is 0.414. The average molecular weight is 538 g/mol. The predicted octanol–water partition coefficient (Wildman–Crippen LogP) is 5.78. The lowest BCUT2D eigenvalue weighted by atomic mass is 9.96. The van der Waals surface area contributed by atoms with E-state index in [2.05, 4.69) is 89.3 Å². The minimum absolute atomic E-state index is 0.115. The van der Waals surface area contributed by atoms with E-state index in [4.69, 9.17) is 16.6 Å². The Hall–Kier alpha value is -2.61. The van der Waals surface area contributed by atoms with Gasteiger partial charge in [-0.2, -0.15) is 0 Å². The molecule has 2 heterocycles. The molecule has 37 heavy (non-hydrogen) atoms. The van der Waals surface area contributed by atoms with Gasteiger partial charge in [0.2, 0.25) is 5.91 Å². The molecule has 0 spiro atoms. The summed E-state index contributed by atoms with van der Waals surface area (Å²) in [5.74, 6) is 1.26. The number of piperazine rings is 1. The maximum absolute atomic E-state index is 13.1. The summed E-state index contributed by atoms with van der Waals surface area (Å²) in [6.07, 6.45) is 2.06. The van der Waals surface area contributed by atoms with Crippen LogP contribution in [0, 0.1) is 0 Å². The van der Waals surface area contributed by atoms with Crippen LogP contribution in [0.2, 0.25) is 5.15 Å². The van der Waals surface area contributed by atoms with Crippen LogP contribution >= 0.6 is 23.4 Å². The van der Waals surface area contributed by atoms with Gasteiger partial charge < -0.3 is 9.80 Å². The lowest BCUT2D eigenvalue weighted by Crippen LogP contribution is -2.50. The first-order chi connectivity index (χ1) is 18.1. The number of hydrogen-bond acceptors (Lipinski definition) is 6. The van der Waals surface area contributed by atoms with Gasteiger partial charge in [-0.25, -0.2) is 9.97 Å². The van der Waals surface area contributed by atoms with Gasteiger partial charge in [0.05, 0.1) is 11.8 Å². The van der Waals surface area contributed by atoms with Gasteiger partial charge in [-0.3, -0.25) is 9.69 Å². The summed E-state index contributed by atoms with van der Waals surface area (Å²) in [6, 6.07) is 23.2. The van der Waals surface area contributed by atoms with Crippen molar-refractivity contribution in [3.63, 3.8) is 0 Å². The van der Waals surface area contributed by atoms with Crippen molar-refractivity contribution in [3.8, 4) is 0 Å². The molecular formula is C29H36ClN5OS. The molecule has 0 N–H and O–H groups in total. The van der Waals surface area contributed by atoms with E-state index in [1.165, 1.54) is 22.9 Å². The highest BCUT2D eigenvalue weighted by Crippen LogP contribution is 2.30. The number of rotatable bonds is 11. The van der Waals surface area contributed by atoms with Crippen molar-refractivity contribution in [2.45, 2.75) is 37.9 Å². The number of aromatic nitrogens is 2. The van der Waals surface area contributed by atoms with Crippen molar-refractivity contribution in [1.82, 2.24) is 19.8 Å². The van der Waals surface area contributed by atoms with E-state index in [0.29, 0.717) is 29.2 Å². The molecule has 1 fully saturated rings. The van der Waals surface area contributed by atoms with Crippen molar-refractivity contribution in [3.05, 3.63) is 83.0 Å². The highest BCUT2D eigenvalue weighted by Gasteiger charge is 2.28. The molecule has 1 saturated heterocycles. The molecule has 196 valence electrons. The maximum atomic E-state index is 13.1. The van der Waals surface area contributed by atoms with Crippen molar-refractivity contribution in [2.24, 2.45) is 0 Å². The Balaban J connectivity index is 1.37. The van der Waals surface area contributed by atoms with Crippen LogP contribution in [0.5, 0.6) is 0 Å². The third-order valence-electron chi connectivity index (χ3n) is 6.56. The van der Waals surface area contributed by atoms with Crippen LogP contribution < -0.4 is 4.90 Å². The quantitative estimate of drug-likeness (QED) is 0.175. The first-order valence-corrected chi connectivity index (χ1v) is 14.5. The molecule has 1 aliphatic heterocycles. The van der Waals surface area contributed by atoms with Gasteiger partial charge in [0.15, 0.2) is 5.16 Å². The predicted molar refractivity (Wildman–Crippen MR) is 153 cm³/mol. The van der Waals surface area contributed by atoms with Gasteiger partial charge in [-0.15, -0.1) is 0 Å². The molecular weight excluding hydrogens is 502 g/mol. The molecule has 6 nitrogen and oxygen atoms in total. The molecule has 2 aromatic carbocycles. The summed E-state index contributed by atoms with van der Waals surface area (Å²) in [5.41, 5.74) is 2.55. The molecule has 3 aromatic rings. The number of amides is 1. The molecule has 1 aromatic heterocycles. The Morgan fingerprint density at radius 3 is 2.03 bits per heavy atom. The number of carbonyl (C=O) groups excluding carboxylic acids is 1. The van der Waals surface area contributed by atoms with Gasteiger partial charge in [-0.1, -0.05) is 97.9 Å². The molecule has 0 unspecified atom stereocenters. The summed E-state index contributed by atoms with van der Waals surface area (Å²) >= 11 is 7.68. The van der Waals surface area contributed by atoms with Crippen molar-refractivity contribution >= 4 is 35.1 Å². The second kappa shape index (κ2) is 13.8. The fourth-order valence-corrected chi connectivity index (χ4v) is 5.81. The van der Waals surface area contributed by atoms with Gasteiger partial charge in [0.1, 0.15) is 11.0 Å². The molecule has 0 atom stereocenters. The summed E-state index contributed by atoms with van der Waals surface area (Å²) in [5, 5.41) is 0.971. The van der Waals surface area contributed by atoms with Crippen LogP contribution in [0.3, 0.4) is 0 Å². The third-order valence-corrected chi connectivity index (χ3v) is 7.59. The van der Waals surface area contributed by atoms with Crippen molar-refractivity contribution < 1.29 is 4.79 Å². The van der Waals surface area contributed by atoms with Gasteiger partial charge in [0, 0.05) is 45.3 Å². The summed E-state index contributed by atoms with van der Waals surface area (Å²) in [7, 11) is 0. The van der Waals surface area contributed by atoms with E-state index in [1.807, 2.05) is 11.0 Å². The number of thioether (sulfide) groups is 1. The topological polar surface area (TPSA) is 52.6 Å². The van der Waals surface area contributed by atoms with E-state index in [1.54, 1.807) is 0 Å². The molecule has 0 saturated carbocycles. The number of nitrogens with zero attached hydrogens (tertiary/aromatic N) is 5.